The number of carbonyl (C=O) groups is 3. The van der Waals surface area contributed by atoms with Crippen LogP contribution < -0.4 is 9.47 Å². The summed E-state index contributed by atoms with van der Waals surface area (Å²) in [6.45, 7) is 2.23. The molecule has 2 saturated carbocycles. The maximum absolute atomic E-state index is 13.5. The van der Waals surface area contributed by atoms with Crippen LogP contribution in [0.15, 0.2) is 12.1 Å². The van der Waals surface area contributed by atoms with Gasteiger partial charge in [-0.05, 0) is 56.6 Å². The van der Waals surface area contributed by atoms with Gasteiger partial charge in [0.2, 0.25) is 5.91 Å². The van der Waals surface area contributed by atoms with Crippen LogP contribution in [0.3, 0.4) is 0 Å². The highest BCUT2D eigenvalue weighted by Gasteiger charge is 2.66. The zero-order valence-electron chi connectivity index (χ0n) is 17.5. The van der Waals surface area contributed by atoms with E-state index in [1.807, 2.05) is 6.07 Å². The van der Waals surface area contributed by atoms with Gasteiger partial charge in [0.1, 0.15) is 5.78 Å². The van der Waals surface area contributed by atoms with Crippen molar-refractivity contribution in [3.8, 4) is 11.5 Å². The van der Waals surface area contributed by atoms with Crippen molar-refractivity contribution in [3.63, 3.8) is 0 Å². The van der Waals surface area contributed by atoms with Gasteiger partial charge in [0.25, 0.3) is 0 Å². The summed E-state index contributed by atoms with van der Waals surface area (Å²) in [4.78, 5) is 40.4. The highest BCUT2D eigenvalue weighted by atomic mass is 16.5. The molecule has 1 amide bonds. The fourth-order valence-corrected chi connectivity index (χ4v) is 7.25. The van der Waals surface area contributed by atoms with Crippen molar-refractivity contribution in [2.75, 3.05) is 13.7 Å². The molecule has 2 aliphatic heterocycles. The number of nitrogens with zero attached hydrogens (tertiary/aromatic N) is 1. The van der Waals surface area contributed by atoms with Crippen LogP contribution in [-0.4, -0.2) is 48.2 Å². The molecular formula is C24H27NO5. The van der Waals surface area contributed by atoms with Gasteiger partial charge in [-0.3, -0.25) is 14.4 Å². The number of piperidine rings is 1. The number of ether oxygens (including phenoxy) is 2. The second-order valence-electron chi connectivity index (χ2n) is 9.73. The smallest absolute Gasteiger partial charge is 0.226 e. The zero-order chi connectivity index (χ0) is 20.8. The molecule has 158 valence electrons. The quantitative estimate of drug-likeness (QED) is 0.767. The van der Waals surface area contributed by atoms with E-state index in [2.05, 4.69) is 11.0 Å². The third-order valence-electron chi connectivity index (χ3n) is 8.71. The molecule has 2 heterocycles. The van der Waals surface area contributed by atoms with E-state index in [0.717, 1.165) is 37.9 Å². The predicted octanol–water partition coefficient (Wildman–Crippen LogP) is 2.45. The van der Waals surface area contributed by atoms with Gasteiger partial charge >= 0.3 is 0 Å². The molecule has 0 N–H and O–H groups in total. The van der Waals surface area contributed by atoms with Crippen LogP contribution in [-0.2, 0) is 26.2 Å². The Morgan fingerprint density at radius 1 is 1.20 bits per heavy atom. The van der Waals surface area contributed by atoms with E-state index in [1.54, 1.807) is 14.0 Å². The minimum Gasteiger partial charge on any atom is -0.493 e. The predicted molar refractivity (Wildman–Crippen MR) is 108 cm³/mol. The lowest BCUT2D eigenvalue weighted by atomic mass is 9.51. The number of benzene rings is 1. The summed E-state index contributed by atoms with van der Waals surface area (Å²) >= 11 is 0. The first-order valence-electron chi connectivity index (χ1n) is 11.2. The fourth-order valence-electron chi connectivity index (χ4n) is 7.25. The minimum absolute atomic E-state index is 0.0745. The van der Waals surface area contributed by atoms with Crippen LogP contribution in [0.2, 0.25) is 0 Å². The van der Waals surface area contributed by atoms with E-state index in [1.165, 1.54) is 11.1 Å². The third kappa shape index (κ3) is 2.07. The average Bonchev–Trinajstić information content (AvgIpc) is 3.03. The molecule has 0 radical (unpaired) electrons. The SMILES string of the molecule is COc1ccc2c3c1O[C@H]1C(=O)CC[C@H]4[C@@H](C2)N(C(=O)C2CCC2C(C)=O)CC[C@]314. The molecule has 2 bridgehead atoms. The summed E-state index contributed by atoms with van der Waals surface area (Å²) < 4.78 is 11.9. The Morgan fingerprint density at radius 2 is 2.00 bits per heavy atom. The number of hydrogen-bond acceptors (Lipinski definition) is 5. The van der Waals surface area contributed by atoms with Crippen molar-refractivity contribution in [2.45, 2.75) is 63.0 Å². The lowest BCUT2D eigenvalue weighted by Crippen LogP contribution is -2.68. The maximum Gasteiger partial charge on any atom is 0.226 e. The van der Waals surface area contributed by atoms with Crippen molar-refractivity contribution in [2.24, 2.45) is 17.8 Å². The molecule has 5 aliphatic rings. The van der Waals surface area contributed by atoms with Gasteiger partial charge in [0.05, 0.1) is 12.5 Å². The number of Topliss-reactive ketones (excluding diaryl/α,β-unsaturated/α-hetero) is 2. The van der Waals surface area contributed by atoms with Gasteiger partial charge in [-0.25, -0.2) is 0 Å². The Morgan fingerprint density at radius 3 is 2.70 bits per heavy atom. The van der Waals surface area contributed by atoms with Crippen LogP contribution in [0.5, 0.6) is 11.5 Å². The topological polar surface area (TPSA) is 72.9 Å². The van der Waals surface area contributed by atoms with Crippen LogP contribution in [0.4, 0.5) is 0 Å². The Balaban J connectivity index is 1.43. The van der Waals surface area contributed by atoms with Gasteiger partial charge in [-0.2, -0.15) is 0 Å². The molecule has 2 unspecified atom stereocenters. The zero-order valence-corrected chi connectivity index (χ0v) is 17.5. The molecule has 3 aliphatic carbocycles. The standard InChI is InChI=1S/C24H27NO5/c1-12(26)14-4-5-15(14)23(28)25-10-9-24-16-6-7-18(27)22(24)30-21-19(29-2)8-3-13(20(21)24)11-17(16)25/h3,8,14-17,22H,4-7,9-11H2,1-2H3/t14?,15?,16-,17+,22-,24-/m0/s1. The van der Waals surface area contributed by atoms with E-state index >= 15 is 0 Å². The summed E-state index contributed by atoms with van der Waals surface area (Å²) in [6, 6.07) is 4.08. The summed E-state index contributed by atoms with van der Waals surface area (Å²) in [5.41, 5.74) is 2.00. The number of ketones is 2. The fraction of sp³-hybridized carbons (Fsp3) is 0.625. The molecule has 6 heteroatoms. The molecule has 6 atom stereocenters. The second kappa shape index (κ2) is 6.08. The van der Waals surface area contributed by atoms with Gasteiger partial charge in [-0.1, -0.05) is 6.07 Å². The lowest BCUT2D eigenvalue weighted by molar-refractivity contribution is -0.157. The largest absolute Gasteiger partial charge is 0.493 e. The summed E-state index contributed by atoms with van der Waals surface area (Å²) in [5, 5.41) is 0. The Hall–Kier alpha value is -2.37. The van der Waals surface area contributed by atoms with E-state index in [4.69, 9.17) is 9.47 Å². The van der Waals surface area contributed by atoms with Gasteiger partial charge < -0.3 is 14.4 Å². The molecular weight excluding hydrogens is 382 g/mol. The molecule has 1 spiro atoms. The number of methoxy groups -OCH3 is 1. The van der Waals surface area contributed by atoms with Crippen molar-refractivity contribution in [1.82, 2.24) is 4.90 Å². The van der Waals surface area contributed by atoms with E-state index in [9.17, 15) is 14.4 Å². The molecule has 6 nitrogen and oxygen atoms in total. The van der Waals surface area contributed by atoms with Crippen LogP contribution >= 0.6 is 0 Å². The molecule has 6 rings (SSSR count). The normalized spacial score (nSPS) is 37.7. The Bertz CT molecular complexity index is 986. The van der Waals surface area contributed by atoms with Gasteiger partial charge in [0, 0.05) is 36.4 Å². The summed E-state index contributed by atoms with van der Waals surface area (Å²) in [5.74, 6) is 1.83. The summed E-state index contributed by atoms with van der Waals surface area (Å²) in [6.07, 6.45) is 3.99. The van der Waals surface area contributed by atoms with Crippen LogP contribution in [0.25, 0.3) is 0 Å². The van der Waals surface area contributed by atoms with Crippen LogP contribution in [0.1, 0.15) is 50.2 Å². The lowest BCUT2D eigenvalue weighted by Gasteiger charge is -2.58. The molecule has 30 heavy (non-hydrogen) atoms. The van der Waals surface area contributed by atoms with E-state index in [0.29, 0.717) is 18.7 Å². The monoisotopic (exact) mass is 409 g/mol. The first-order valence-corrected chi connectivity index (χ1v) is 11.2. The van der Waals surface area contributed by atoms with E-state index in [-0.39, 0.29) is 46.7 Å². The number of amides is 1. The second-order valence-corrected chi connectivity index (χ2v) is 9.73. The maximum atomic E-state index is 13.5. The van der Waals surface area contributed by atoms with Crippen molar-refractivity contribution >= 4 is 17.5 Å². The molecule has 1 saturated heterocycles. The first-order chi connectivity index (χ1) is 14.5. The van der Waals surface area contributed by atoms with Crippen molar-refractivity contribution in [3.05, 3.63) is 23.3 Å². The van der Waals surface area contributed by atoms with Crippen molar-refractivity contribution in [1.29, 1.82) is 0 Å². The molecule has 3 fully saturated rings. The number of hydrogen-bond donors (Lipinski definition) is 0. The minimum atomic E-state index is -0.463. The van der Waals surface area contributed by atoms with Crippen LogP contribution in [0, 0.1) is 17.8 Å². The third-order valence-corrected chi connectivity index (χ3v) is 8.71. The van der Waals surface area contributed by atoms with Crippen molar-refractivity contribution < 1.29 is 23.9 Å². The Labute approximate surface area is 175 Å². The first kappa shape index (κ1) is 18.4. The van der Waals surface area contributed by atoms with Gasteiger partial charge in [0.15, 0.2) is 23.4 Å². The highest BCUT2D eigenvalue weighted by molar-refractivity contribution is 5.91. The number of likely N-dealkylation sites (tertiary alicyclic amines) is 1. The number of rotatable bonds is 3. The molecule has 0 aromatic heterocycles. The molecule has 1 aromatic carbocycles. The highest BCUT2D eigenvalue weighted by Crippen LogP contribution is 2.63. The number of carbonyl (C=O) groups excluding carboxylic acids is 3. The Kier molecular flexibility index (Phi) is 3.73. The average molecular weight is 409 g/mol. The molecule has 1 aromatic rings. The van der Waals surface area contributed by atoms with E-state index < -0.39 is 6.10 Å². The van der Waals surface area contributed by atoms with Gasteiger partial charge in [-0.15, -0.1) is 0 Å². The summed E-state index contributed by atoms with van der Waals surface area (Å²) in [7, 11) is 1.64.